The lowest BCUT2D eigenvalue weighted by atomic mass is 10.1. The lowest BCUT2D eigenvalue weighted by Crippen LogP contribution is -2.29. The molecule has 1 aromatic rings. The molecule has 0 unspecified atom stereocenters. The van der Waals surface area contributed by atoms with E-state index in [1.54, 1.807) is 6.92 Å². The highest BCUT2D eigenvalue weighted by molar-refractivity contribution is 5.95. The number of carbonyl (C=O) groups excluding carboxylic acids is 1. The fraction of sp³-hybridized carbons (Fsp3) is 0.533. The lowest BCUT2D eigenvalue weighted by Gasteiger charge is -2.16. The zero-order chi connectivity index (χ0) is 15.7. The Hall–Kier alpha value is -1.72. The van der Waals surface area contributed by atoms with E-state index in [0.29, 0.717) is 13.1 Å². The molecular formula is C15H19F3N2O. The van der Waals surface area contributed by atoms with Gasteiger partial charge in [0.15, 0.2) is 0 Å². The van der Waals surface area contributed by atoms with Crippen LogP contribution in [0.2, 0.25) is 0 Å². The van der Waals surface area contributed by atoms with Crippen molar-refractivity contribution in [2.24, 2.45) is 5.41 Å². The molecule has 116 valence electrons. The summed E-state index contributed by atoms with van der Waals surface area (Å²) in [5, 5.41) is 5.37. The predicted octanol–water partition coefficient (Wildman–Crippen LogP) is 3.67. The van der Waals surface area contributed by atoms with Gasteiger partial charge in [-0.2, -0.15) is 13.2 Å². The molecule has 1 aromatic carbocycles. The van der Waals surface area contributed by atoms with Crippen LogP contribution in [0, 0.1) is 5.41 Å². The third-order valence-corrected chi connectivity index (χ3v) is 3.73. The first-order chi connectivity index (χ1) is 9.75. The smallest absolute Gasteiger partial charge is 0.385 e. The Morgan fingerprint density at radius 3 is 2.52 bits per heavy atom. The summed E-state index contributed by atoms with van der Waals surface area (Å²) in [5.41, 5.74) is -0.662. The molecule has 2 N–H and O–H groups in total. The van der Waals surface area contributed by atoms with E-state index in [2.05, 4.69) is 10.6 Å². The van der Waals surface area contributed by atoms with Crippen LogP contribution < -0.4 is 10.6 Å². The Kier molecular flexibility index (Phi) is 4.16. The standard InChI is InChI=1S/C15H19F3N2O/c1-3-19-12-5-4-10(8-11(12)15(16,17)18)13(21)20-9-14(2)6-7-14/h4-5,8,19H,3,6-7,9H2,1-2H3,(H,20,21). The van der Waals surface area contributed by atoms with Gasteiger partial charge in [0.05, 0.1) is 5.56 Å². The molecule has 21 heavy (non-hydrogen) atoms. The van der Waals surface area contributed by atoms with Crippen molar-refractivity contribution in [2.75, 3.05) is 18.4 Å². The minimum Gasteiger partial charge on any atom is -0.385 e. The van der Waals surface area contributed by atoms with Crippen molar-refractivity contribution >= 4 is 11.6 Å². The van der Waals surface area contributed by atoms with Gasteiger partial charge in [0.1, 0.15) is 0 Å². The summed E-state index contributed by atoms with van der Waals surface area (Å²) in [6.07, 6.45) is -2.41. The summed E-state index contributed by atoms with van der Waals surface area (Å²) in [7, 11) is 0. The predicted molar refractivity (Wildman–Crippen MR) is 75.3 cm³/mol. The van der Waals surface area contributed by atoms with Crippen LogP contribution in [0.1, 0.15) is 42.6 Å². The average Bonchev–Trinajstić information content (AvgIpc) is 3.14. The molecule has 1 aliphatic carbocycles. The monoisotopic (exact) mass is 300 g/mol. The Morgan fingerprint density at radius 1 is 1.33 bits per heavy atom. The van der Waals surface area contributed by atoms with Crippen molar-refractivity contribution in [3.05, 3.63) is 29.3 Å². The summed E-state index contributed by atoms with van der Waals surface area (Å²) < 4.78 is 39.1. The number of nitrogens with one attached hydrogen (secondary N) is 2. The summed E-state index contributed by atoms with van der Waals surface area (Å²) >= 11 is 0. The van der Waals surface area contributed by atoms with Gasteiger partial charge in [-0.15, -0.1) is 0 Å². The van der Waals surface area contributed by atoms with Gasteiger partial charge < -0.3 is 10.6 Å². The second-order valence-corrected chi connectivity index (χ2v) is 5.78. The first-order valence-electron chi connectivity index (χ1n) is 6.98. The Balaban J connectivity index is 2.18. The van der Waals surface area contributed by atoms with Gasteiger partial charge in [0, 0.05) is 24.3 Å². The van der Waals surface area contributed by atoms with Crippen LogP contribution in [0.4, 0.5) is 18.9 Å². The molecule has 0 aromatic heterocycles. The highest BCUT2D eigenvalue weighted by Crippen LogP contribution is 2.44. The van der Waals surface area contributed by atoms with Crippen LogP contribution in [0.15, 0.2) is 18.2 Å². The molecule has 0 saturated heterocycles. The minimum absolute atomic E-state index is 0.00398. The highest BCUT2D eigenvalue weighted by Gasteiger charge is 2.38. The van der Waals surface area contributed by atoms with Gasteiger partial charge in [-0.05, 0) is 43.4 Å². The van der Waals surface area contributed by atoms with E-state index >= 15 is 0 Å². The van der Waals surface area contributed by atoms with E-state index in [9.17, 15) is 18.0 Å². The maximum atomic E-state index is 13.0. The summed E-state index contributed by atoms with van der Waals surface area (Å²) in [6, 6.07) is 3.63. The van der Waals surface area contributed by atoms with Crippen molar-refractivity contribution in [1.29, 1.82) is 0 Å². The third-order valence-electron chi connectivity index (χ3n) is 3.73. The molecule has 1 aliphatic rings. The first kappa shape index (κ1) is 15.7. The molecule has 6 heteroatoms. The van der Waals surface area contributed by atoms with Gasteiger partial charge in [-0.25, -0.2) is 0 Å². The second kappa shape index (κ2) is 5.58. The van der Waals surface area contributed by atoms with Gasteiger partial charge >= 0.3 is 6.18 Å². The average molecular weight is 300 g/mol. The molecule has 0 heterocycles. The van der Waals surface area contributed by atoms with Crippen molar-refractivity contribution in [3.63, 3.8) is 0 Å². The summed E-state index contributed by atoms with van der Waals surface area (Å²) in [4.78, 5) is 12.0. The van der Waals surface area contributed by atoms with Gasteiger partial charge in [0.25, 0.3) is 5.91 Å². The Morgan fingerprint density at radius 2 is 2.00 bits per heavy atom. The molecule has 1 amide bonds. The van der Waals surface area contributed by atoms with Crippen LogP contribution >= 0.6 is 0 Å². The van der Waals surface area contributed by atoms with Crippen molar-refractivity contribution < 1.29 is 18.0 Å². The minimum atomic E-state index is -4.49. The molecular weight excluding hydrogens is 281 g/mol. The zero-order valence-electron chi connectivity index (χ0n) is 12.1. The normalized spacial score (nSPS) is 16.4. The zero-order valence-corrected chi connectivity index (χ0v) is 12.1. The summed E-state index contributed by atoms with van der Waals surface area (Å²) in [6.45, 7) is 4.65. The molecule has 1 fully saturated rings. The van der Waals surface area contributed by atoms with Gasteiger partial charge in [-0.3, -0.25) is 4.79 Å². The molecule has 3 nitrogen and oxygen atoms in total. The number of hydrogen-bond donors (Lipinski definition) is 2. The van der Waals surface area contributed by atoms with Gasteiger partial charge in [0.2, 0.25) is 0 Å². The largest absolute Gasteiger partial charge is 0.418 e. The third kappa shape index (κ3) is 3.89. The SMILES string of the molecule is CCNc1ccc(C(=O)NCC2(C)CC2)cc1C(F)(F)F. The lowest BCUT2D eigenvalue weighted by molar-refractivity contribution is -0.137. The molecule has 2 rings (SSSR count). The molecule has 0 atom stereocenters. The van der Waals surface area contributed by atoms with E-state index in [1.165, 1.54) is 12.1 Å². The van der Waals surface area contributed by atoms with E-state index in [1.807, 2.05) is 6.92 Å². The van der Waals surface area contributed by atoms with Gasteiger partial charge in [-0.1, -0.05) is 6.92 Å². The number of anilines is 1. The number of rotatable bonds is 5. The van der Waals surface area contributed by atoms with Crippen molar-refractivity contribution in [2.45, 2.75) is 32.9 Å². The Bertz CT molecular complexity index is 536. The summed E-state index contributed by atoms with van der Waals surface area (Å²) in [5.74, 6) is -0.461. The molecule has 0 radical (unpaired) electrons. The van der Waals surface area contributed by atoms with E-state index < -0.39 is 17.6 Å². The van der Waals surface area contributed by atoms with Crippen LogP contribution in [0.25, 0.3) is 0 Å². The van der Waals surface area contributed by atoms with Crippen LogP contribution in [0.3, 0.4) is 0 Å². The van der Waals surface area contributed by atoms with E-state index in [0.717, 1.165) is 18.9 Å². The number of hydrogen-bond acceptors (Lipinski definition) is 2. The number of carbonyl (C=O) groups is 1. The number of amides is 1. The maximum absolute atomic E-state index is 13.0. The van der Waals surface area contributed by atoms with Crippen molar-refractivity contribution in [3.8, 4) is 0 Å². The quantitative estimate of drug-likeness (QED) is 0.871. The molecule has 0 spiro atoms. The number of alkyl halides is 3. The van der Waals surface area contributed by atoms with Crippen LogP contribution in [-0.4, -0.2) is 19.0 Å². The molecule has 0 bridgehead atoms. The second-order valence-electron chi connectivity index (χ2n) is 5.78. The van der Waals surface area contributed by atoms with E-state index in [4.69, 9.17) is 0 Å². The molecule has 0 aliphatic heterocycles. The van der Waals surface area contributed by atoms with Crippen LogP contribution in [-0.2, 0) is 6.18 Å². The number of halogens is 3. The highest BCUT2D eigenvalue weighted by atomic mass is 19.4. The molecule has 1 saturated carbocycles. The van der Waals surface area contributed by atoms with Crippen LogP contribution in [0.5, 0.6) is 0 Å². The topological polar surface area (TPSA) is 41.1 Å². The number of benzene rings is 1. The fourth-order valence-corrected chi connectivity index (χ4v) is 2.05. The first-order valence-corrected chi connectivity index (χ1v) is 6.98. The maximum Gasteiger partial charge on any atom is 0.418 e. The fourth-order valence-electron chi connectivity index (χ4n) is 2.05. The van der Waals surface area contributed by atoms with Crippen molar-refractivity contribution in [1.82, 2.24) is 5.32 Å². The van der Waals surface area contributed by atoms with E-state index in [-0.39, 0.29) is 16.7 Å². The Labute approximate surface area is 121 Å².